The van der Waals surface area contributed by atoms with Crippen molar-refractivity contribution in [1.82, 2.24) is 9.88 Å². The van der Waals surface area contributed by atoms with Crippen LogP contribution < -0.4 is 10.1 Å². The molecule has 2 aromatic rings. The lowest BCUT2D eigenvalue weighted by Crippen LogP contribution is -2.24. The topological polar surface area (TPSA) is 133 Å². The van der Waals surface area contributed by atoms with Gasteiger partial charge < -0.3 is 9.88 Å². The Morgan fingerprint density at radius 1 is 1.25 bits per heavy atom. The number of hydrogen-bond acceptors (Lipinski definition) is 6. The number of hydrogen-bond donors (Lipinski definition) is 1. The summed E-state index contributed by atoms with van der Waals surface area (Å²) >= 11 is 0.777. The fraction of sp³-hybridized carbons (Fsp3) is 0.231. The molecule has 24 heavy (non-hydrogen) atoms. The zero-order valence-corrected chi connectivity index (χ0v) is 13.4. The molecule has 0 saturated carbocycles. The Kier molecular flexibility index (Phi) is 5.37. The highest BCUT2D eigenvalue weighted by Gasteiger charge is 2.14. The fourth-order valence-corrected chi connectivity index (χ4v) is 2.65. The van der Waals surface area contributed by atoms with Crippen molar-refractivity contribution in [3.8, 4) is 0 Å². The minimum atomic E-state index is -0.591. The van der Waals surface area contributed by atoms with Crippen molar-refractivity contribution in [3.05, 3.63) is 61.1 Å². The number of nitrogens with zero attached hydrogens (tertiary/aromatic N) is 4. The Labute approximate surface area is 139 Å². The van der Waals surface area contributed by atoms with Crippen molar-refractivity contribution in [2.45, 2.75) is 13.5 Å². The van der Waals surface area contributed by atoms with Gasteiger partial charge in [-0.15, -0.1) is 0 Å². The molecule has 0 atom stereocenters. The molecule has 0 radical (unpaired) electrons. The van der Waals surface area contributed by atoms with Crippen LogP contribution in [-0.2, 0) is 6.54 Å². The smallest absolute Gasteiger partial charge is 0.336 e. The van der Waals surface area contributed by atoms with Crippen molar-refractivity contribution < 1.29 is 14.6 Å². The standard InChI is InChI=1S/C13H13N5O5S/c1-2-14-12(19)15-13-16(8-11(24-13)18(22)23)7-9-3-5-10(6-4-9)17(20)21/h3-6,8H,2,7H2,1H3,(H,14,19). The zero-order chi connectivity index (χ0) is 17.7. The van der Waals surface area contributed by atoms with Gasteiger partial charge in [0.25, 0.3) is 5.69 Å². The number of aromatic nitrogens is 1. The van der Waals surface area contributed by atoms with Crippen LogP contribution in [0.15, 0.2) is 35.5 Å². The van der Waals surface area contributed by atoms with Crippen molar-refractivity contribution in [1.29, 1.82) is 0 Å². The summed E-state index contributed by atoms with van der Waals surface area (Å²) in [6.45, 7) is 2.31. The fourth-order valence-electron chi connectivity index (χ4n) is 1.85. The molecule has 0 aliphatic carbocycles. The minimum Gasteiger partial charge on any atom is -0.336 e. The third-order valence-corrected chi connectivity index (χ3v) is 3.89. The number of carbonyl (C=O) groups excluding carboxylic acids is 1. The lowest BCUT2D eigenvalue weighted by atomic mass is 10.2. The van der Waals surface area contributed by atoms with E-state index in [0.29, 0.717) is 12.1 Å². The number of nitro groups is 2. The SMILES string of the molecule is CCNC(=O)N=c1sc([N+](=O)[O-])cn1Cc1ccc([N+](=O)[O-])cc1. The van der Waals surface area contributed by atoms with Crippen LogP contribution in [0.25, 0.3) is 0 Å². The summed E-state index contributed by atoms with van der Waals surface area (Å²) < 4.78 is 1.46. The molecular formula is C13H13N5O5S. The van der Waals surface area contributed by atoms with Gasteiger partial charge in [-0.1, -0.05) is 12.1 Å². The summed E-state index contributed by atoms with van der Waals surface area (Å²) in [5, 5.41) is 23.9. The molecule has 0 spiro atoms. The van der Waals surface area contributed by atoms with Gasteiger partial charge in [0.1, 0.15) is 0 Å². The Hall–Kier alpha value is -3.08. The molecular weight excluding hydrogens is 338 g/mol. The predicted octanol–water partition coefficient (Wildman–Crippen LogP) is 2.04. The monoisotopic (exact) mass is 351 g/mol. The van der Waals surface area contributed by atoms with E-state index in [-0.39, 0.29) is 22.0 Å². The van der Waals surface area contributed by atoms with Crippen LogP contribution in [0, 0.1) is 20.2 Å². The predicted molar refractivity (Wildman–Crippen MR) is 85.8 cm³/mol. The quantitative estimate of drug-likeness (QED) is 0.650. The number of thiazole rings is 1. The molecule has 11 heteroatoms. The maximum atomic E-state index is 11.6. The molecule has 10 nitrogen and oxygen atoms in total. The van der Waals surface area contributed by atoms with Gasteiger partial charge in [-0.2, -0.15) is 4.99 Å². The summed E-state index contributed by atoms with van der Waals surface area (Å²) in [7, 11) is 0. The molecule has 0 saturated heterocycles. The molecule has 1 heterocycles. The molecule has 1 N–H and O–H groups in total. The van der Waals surface area contributed by atoms with Gasteiger partial charge in [-0.25, -0.2) is 4.79 Å². The molecule has 1 aromatic carbocycles. The lowest BCUT2D eigenvalue weighted by molar-refractivity contribution is -0.384. The second-order valence-electron chi connectivity index (χ2n) is 4.61. The number of amides is 2. The van der Waals surface area contributed by atoms with E-state index in [1.165, 1.54) is 22.9 Å². The summed E-state index contributed by atoms with van der Waals surface area (Å²) in [4.78, 5) is 36.1. The van der Waals surface area contributed by atoms with E-state index in [1.807, 2.05) is 0 Å². The van der Waals surface area contributed by atoms with Gasteiger partial charge in [0.05, 0.1) is 22.6 Å². The molecule has 0 fully saturated rings. The van der Waals surface area contributed by atoms with E-state index < -0.39 is 15.9 Å². The van der Waals surface area contributed by atoms with E-state index in [0.717, 1.165) is 11.3 Å². The minimum absolute atomic E-state index is 0.0488. The van der Waals surface area contributed by atoms with Crippen molar-refractivity contribution in [3.63, 3.8) is 0 Å². The lowest BCUT2D eigenvalue weighted by Gasteiger charge is -2.02. The first-order valence-electron chi connectivity index (χ1n) is 6.81. The first-order valence-corrected chi connectivity index (χ1v) is 7.63. The molecule has 1 aromatic heterocycles. The highest BCUT2D eigenvalue weighted by molar-refractivity contribution is 7.12. The molecule has 2 amide bonds. The Balaban J connectivity index is 2.35. The van der Waals surface area contributed by atoms with Crippen LogP contribution in [0.3, 0.4) is 0 Å². The van der Waals surface area contributed by atoms with Crippen LogP contribution in [0.1, 0.15) is 12.5 Å². The zero-order valence-electron chi connectivity index (χ0n) is 12.5. The van der Waals surface area contributed by atoms with Crippen LogP contribution in [-0.4, -0.2) is 27.0 Å². The van der Waals surface area contributed by atoms with Crippen molar-refractivity contribution in [2.24, 2.45) is 4.99 Å². The largest absolute Gasteiger partial charge is 0.343 e. The van der Waals surface area contributed by atoms with Gasteiger partial charge in [0.15, 0.2) is 0 Å². The Morgan fingerprint density at radius 2 is 1.92 bits per heavy atom. The van der Waals surface area contributed by atoms with E-state index >= 15 is 0 Å². The highest BCUT2D eigenvalue weighted by Crippen LogP contribution is 2.17. The molecule has 2 rings (SSSR count). The van der Waals surface area contributed by atoms with E-state index in [1.54, 1.807) is 19.1 Å². The number of urea groups is 1. The Morgan fingerprint density at radius 3 is 2.46 bits per heavy atom. The van der Waals surface area contributed by atoms with Gasteiger partial charge in [-0.05, 0) is 23.8 Å². The van der Waals surface area contributed by atoms with Gasteiger partial charge in [-0.3, -0.25) is 20.2 Å². The van der Waals surface area contributed by atoms with Gasteiger partial charge in [0, 0.05) is 18.7 Å². The van der Waals surface area contributed by atoms with Gasteiger partial charge >= 0.3 is 11.0 Å². The van der Waals surface area contributed by atoms with Crippen molar-refractivity contribution in [2.75, 3.05) is 6.54 Å². The summed E-state index contributed by atoms with van der Waals surface area (Å²) in [6.07, 6.45) is 1.28. The second kappa shape index (κ2) is 7.46. The normalized spacial score (nSPS) is 11.3. The van der Waals surface area contributed by atoms with Crippen LogP contribution in [0.5, 0.6) is 0 Å². The number of nitro benzene ring substituents is 1. The average Bonchev–Trinajstić information content (AvgIpc) is 2.91. The highest BCUT2D eigenvalue weighted by atomic mass is 32.1. The number of benzene rings is 1. The maximum Gasteiger partial charge on any atom is 0.343 e. The van der Waals surface area contributed by atoms with Crippen molar-refractivity contribution >= 4 is 28.1 Å². The van der Waals surface area contributed by atoms with Crippen LogP contribution >= 0.6 is 11.3 Å². The molecule has 0 unspecified atom stereocenters. The number of non-ortho nitro benzene ring substituents is 1. The number of carbonyl (C=O) groups is 1. The molecule has 126 valence electrons. The second-order valence-corrected chi connectivity index (χ2v) is 5.60. The first-order chi connectivity index (χ1) is 11.4. The summed E-state index contributed by atoms with van der Waals surface area (Å²) in [6, 6.07) is 5.19. The van der Waals surface area contributed by atoms with Gasteiger partial charge in [0.2, 0.25) is 4.80 Å². The number of nitrogens with one attached hydrogen (secondary N) is 1. The maximum absolute atomic E-state index is 11.6. The van der Waals surface area contributed by atoms with E-state index in [2.05, 4.69) is 10.3 Å². The number of rotatable bonds is 5. The molecule has 0 aliphatic heterocycles. The molecule has 0 aliphatic rings. The third kappa shape index (κ3) is 4.23. The van der Waals surface area contributed by atoms with Crippen LogP contribution in [0.4, 0.5) is 15.5 Å². The van der Waals surface area contributed by atoms with E-state index in [4.69, 9.17) is 0 Å². The Bertz CT molecular complexity index is 839. The molecule has 0 bridgehead atoms. The van der Waals surface area contributed by atoms with Crippen LogP contribution in [0.2, 0.25) is 0 Å². The third-order valence-electron chi connectivity index (χ3n) is 2.91. The summed E-state index contributed by atoms with van der Waals surface area (Å²) in [5.74, 6) is 0. The summed E-state index contributed by atoms with van der Waals surface area (Å²) in [5.41, 5.74) is 0.637. The average molecular weight is 351 g/mol. The van der Waals surface area contributed by atoms with E-state index in [9.17, 15) is 25.0 Å². The first kappa shape index (κ1) is 17.3.